The molecule has 1 unspecified atom stereocenters. The molecule has 0 saturated heterocycles. The van der Waals surface area contributed by atoms with E-state index in [2.05, 4.69) is 4.72 Å². The van der Waals surface area contributed by atoms with Gasteiger partial charge in [0.2, 0.25) is 10.0 Å². The fourth-order valence-electron chi connectivity index (χ4n) is 1.27. The first-order valence-corrected chi connectivity index (χ1v) is 8.15. The Bertz CT molecular complexity index is 505. The van der Waals surface area contributed by atoms with Gasteiger partial charge in [0, 0.05) is 12.4 Å². The molecule has 7 heteroatoms. The van der Waals surface area contributed by atoms with E-state index in [1.165, 1.54) is 18.2 Å². The molecule has 0 aromatic heterocycles. The number of rotatable bonds is 6. The van der Waals surface area contributed by atoms with Crippen molar-refractivity contribution >= 4 is 44.8 Å². The van der Waals surface area contributed by atoms with Crippen molar-refractivity contribution in [3.05, 3.63) is 28.2 Å². The Labute approximate surface area is 122 Å². The fraction of sp³-hybridized carbons (Fsp3) is 0.455. The second kappa shape index (κ2) is 6.96. The molecule has 0 aliphatic heterocycles. The molecule has 1 atom stereocenters. The molecule has 0 aliphatic carbocycles. The molecular weight excluding hydrogens is 317 g/mol. The highest BCUT2D eigenvalue weighted by Crippen LogP contribution is 2.24. The van der Waals surface area contributed by atoms with Crippen LogP contribution in [0.5, 0.6) is 0 Å². The van der Waals surface area contributed by atoms with E-state index >= 15 is 0 Å². The van der Waals surface area contributed by atoms with Crippen LogP contribution < -0.4 is 4.72 Å². The van der Waals surface area contributed by atoms with E-state index in [-0.39, 0.29) is 15.8 Å². The Balaban J connectivity index is 2.77. The second-order valence-corrected chi connectivity index (χ2v) is 6.97. The Hall–Kier alpha value is -0.000000000000000111. The lowest BCUT2D eigenvalue weighted by Gasteiger charge is -2.12. The van der Waals surface area contributed by atoms with Crippen molar-refractivity contribution in [1.29, 1.82) is 0 Å². The molecule has 3 nitrogen and oxygen atoms in total. The van der Waals surface area contributed by atoms with Gasteiger partial charge < -0.3 is 0 Å². The van der Waals surface area contributed by atoms with Crippen molar-refractivity contribution in [2.24, 2.45) is 5.92 Å². The summed E-state index contributed by atoms with van der Waals surface area (Å²) in [6.07, 6.45) is 0.755. The van der Waals surface area contributed by atoms with Gasteiger partial charge in [-0.1, -0.05) is 30.1 Å². The van der Waals surface area contributed by atoms with E-state index < -0.39 is 10.0 Å². The maximum atomic E-state index is 12.0. The summed E-state index contributed by atoms with van der Waals surface area (Å²) in [5.74, 6) is 0.690. The third-order valence-corrected chi connectivity index (χ3v) is 4.80. The maximum absolute atomic E-state index is 12.0. The van der Waals surface area contributed by atoms with E-state index in [9.17, 15) is 8.42 Å². The molecule has 0 heterocycles. The summed E-state index contributed by atoms with van der Waals surface area (Å²) in [6.45, 7) is 2.27. The zero-order chi connectivity index (χ0) is 13.8. The molecule has 1 N–H and O–H groups in total. The van der Waals surface area contributed by atoms with Gasteiger partial charge >= 0.3 is 0 Å². The number of benzene rings is 1. The molecular formula is C11H14Cl3NO2S. The van der Waals surface area contributed by atoms with Gasteiger partial charge in [-0.2, -0.15) is 0 Å². The molecule has 1 aromatic rings. The zero-order valence-electron chi connectivity index (χ0n) is 9.79. The SMILES string of the molecule is CC(CCCl)CNS(=O)(=O)c1ccc(Cl)c(Cl)c1. The average molecular weight is 331 g/mol. The smallest absolute Gasteiger partial charge is 0.211 e. The summed E-state index contributed by atoms with van der Waals surface area (Å²) in [4.78, 5) is 0.106. The first kappa shape index (κ1) is 16.1. The standard InChI is InChI=1S/C11H14Cl3NO2S/c1-8(4-5-12)7-15-18(16,17)9-2-3-10(13)11(14)6-9/h2-3,6,8,15H,4-5,7H2,1H3. The first-order valence-electron chi connectivity index (χ1n) is 5.37. The van der Waals surface area contributed by atoms with Crippen molar-refractivity contribution in [2.75, 3.05) is 12.4 Å². The van der Waals surface area contributed by atoms with Gasteiger partial charge in [-0.25, -0.2) is 13.1 Å². The van der Waals surface area contributed by atoms with Gasteiger partial charge in [0.1, 0.15) is 0 Å². The molecule has 0 aliphatic rings. The number of alkyl halides is 1. The average Bonchev–Trinajstić information content (AvgIpc) is 2.30. The van der Waals surface area contributed by atoms with Gasteiger partial charge in [-0.05, 0) is 30.5 Å². The van der Waals surface area contributed by atoms with Crippen molar-refractivity contribution in [3.63, 3.8) is 0 Å². The Morgan fingerprint density at radius 1 is 1.28 bits per heavy atom. The lowest BCUT2D eigenvalue weighted by molar-refractivity contribution is 0.530. The summed E-state index contributed by atoms with van der Waals surface area (Å²) in [5.41, 5.74) is 0. The molecule has 0 bridgehead atoms. The van der Waals surface area contributed by atoms with Crippen molar-refractivity contribution < 1.29 is 8.42 Å². The molecule has 0 spiro atoms. The predicted molar refractivity (Wildman–Crippen MR) is 76.2 cm³/mol. The predicted octanol–water partition coefficient (Wildman–Crippen LogP) is 3.54. The highest BCUT2D eigenvalue weighted by Gasteiger charge is 2.16. The van der Waals surface area contributed by atoms with Gasteiger partial charge in [-0.15, -0.1) is 11.6 Å². The van der Waals surface area contributed by atoms with Gasteiger partial charge in [-0.3, -0.25) is 0 Å². The summed E-state index contributed by atoms with van der Waals surface area (Å²) in [7, 11) is -3.55. The minimum atomic E-state index is -3.55. The Morgan fingerprint density at radius 2 is 1.94 bits per heavy atom. The van der Waals surface area contributed by atoms with Crippen LogP contribution in [-0.2, 0) is 10.0 Å². The maximum Gasteiger partial charge on any atom is 0.240 e. The largest absolute Gasteiger partial charge is 0.240 e. The minimum Gasteiger partial charge on any atom is -0.211 e. The number of hydrogen-bond acceptors (Lipinski definition) is 2. The van der Waals surface area contributed by atoms with Crippen LogP contribution in [-0.4, -0.2) is 20.8 Å². The van der Waals surface area contributed by atoms with Crippen LogP contribution >= 0.6 is 34.8 Å². The number of hydrogen-bond donors (Lipinski definition) is 1. The van der Waals surface area contributed by atoms with Crippen LogP contribution in [0, 0.1) is 5.92 Å². The summed E-state index contributed by atoms with van der Waals surface area (Å²) in [5, 5.41) is 0.541. The van der Waals surface area contributed by atoms with E-state index in [1.54, 1.807) is 0 Å². The summed E-state index contributed by atoms with van der Waals surface area (Å²) < 4.78 is 26.4. The lowest BCUT2D eigenvalue weighted by atomic mass is 10.1. The van der Waals surface area contributed by atoms with Crippen LogP contribution in [0.3, 0.4) is 0 Å². The van der Waals surface area contributed by atoms with Gasteiger partial charge in [0.25, 0.3) is 0 Å². The highest BCUT2D eigenvalue weighted by molar-refractivity contribution is 7.89. The van der Waals surface area contributed by atoms with E-state index in [4.69, 9.17) is 34.8 Å². The van der Waals surface area contributed by atoms with Crippen LogP contribution in [0.15, 0.2) is 23.1 Å². The fourth-order valence-corrected chi connectivity index (χ4v) is 3.19. The Morgan fingerprint density at radius 3 is 2.50 bits per heavy atom. The van der Waals surface area contributed by atoms with E-state index in [1.807, 2.05) is 6.92 Å². The number of sulfonamides is 1. The monoisotopic (exact) mass is 329 g/mol. The van der Waals surface area contributed by atoms with Gasteiger partial charge in [0.15, 0.2) is 0 Å². The second-order valence-electron chi connectivity index (χ2n) is 4.01. The van der Waals surface area contributed by atoms with Crippen LogP contribution in [0.2, 0.25) is 10.0 Å². The quantitative estimate of drug-likeness (QED) is 0.811. The normalized spacial score (nSPS) is 13.6. The summed E-state index contributed by atoms with van der Waals surface area (Å²) >= 11 is 17.1. The van der Waals surface area contributed by atoms with E-state index in [0.29, 0.717) is 17.4 Å². The number of halogens is 3. The van der Waals surface area contributed by atoms with Crippen LogP contribution in [0.4, 0.5) is 0 Å². The third-order valence-electron chi connectivity index (χ3n) is 2.43. The highest BCUT2D eigenvalue weighted by atomic mass is 35.5. The molecule has 0 saturated carbocycles. The van der Waals surface area contributed by atoms with Gasteiger partial charge in [0.05, 0.1) is 14.9 Å². The molecule has 0 radical (unpaired) electrons. The van der Waals surface area contributed by atoms with Crippen molar-refractivity contribution in [1.82, 2.24) is 4.72 Å². The van der Waals surface area contributed by atoms with Crippen molar-refractivity contribution in [3.8, 4) is 0 Å². The molecule has 1 rings (SSSR count). The zero-order valence-corrected chi connectivity index (χ0v) is 12.9. The van der Waals surface area contributed by atoms with Crippen molar-refractivity contribution in [2.45, 2.75) is 18.2 Å². The molecule has 18 heavy (non-hydrogen) atoms. The van der Waals surface area contributed by atoms with E-state index in [0.717, 1.165) is 6.42 Å². The molecule has 102 valence electrons. The molecule has 0 amide bonds. The molecule has 0 fully saturated rings. The third kappa shape index (κ3) is 4.59. The first-order chi connectivity index (χ1) is 8.36. The topological polar surface area (TPSA) is 46.2 Å². The lowest BCUT2D eigenvalue weighted by Crippen LogP contribution is -2.28. The summed E-state index contributed by atoms with van der Waals surface area (Å²) in [6, 6.07) is 4.21. The minimum absolute atomic E-state index is 0.106. The number of nitrogens with one attached hydrogen (secondary N) is 1. The van der Waals surface area contributed by atoms with Crippen LogP contribution in [0.1, 0.15) is 13.3 Å². The molecule has 1 aromatic carbocycles. The Kier molecular flexibility index (Phi) is 6.21. The van der Waals surface area contributed by atoms with Crippen LogP contribution in [0.25, 0.3) is 0 Å².